The maximum atomic E-state index is 12.7. The van der Waals surface area contributed by atoms with Gasteiger partial charge in [-0.2, -0.15) is 0 Å². The molecular formula is C20H23N2O10P. The summed E-state index contributed by atoms with van der Waals surface area (Å²) in [6, 6.07) is 10.0. The van der Waals surface area contributed by atoms with E-state index in [0.29, 0.717) is 5.56 Å². The van der Waals surface area contributed by atoms with Crippen molar-refractivity contribution in [3.63, 3.8) is 0 Å². The Morgan fingerprint density at radius 3 is 2.48 bits per heavy atom. The fourth-order valence-corrected chi connectivity index (χ4v) is 4.33. The van der Waals surface area contributed by atoms with Crippen molar-refractivity contribution in [1.82, 2.24) is 5.32 Å². The molecule has 2 unspecified atom stereocenters. The van der Waals surface area contributed by atoms with Crippen LogP contribution in [-0.4, -0.2) is 51.4 Å². The smallest absolute Gasteiger partial charge is 0.408 e. The Bertz CT molecular complexity index is 1050. The maximum Gasteiger partial charge on any atom is 0.408 e. The number of carbonyl (C=O) groups is 2. The standard InChI is InChI=1S/C20H23N2O10P/c1-31-18(24)16(21-20(26)32-12-13-5-3-2-4-6-13)9-10-33(29,30)19(25)15-11-14(22(27)28)7-8-17(15)23/h2-8,11,16,19,23,25H,9-10,12H2,1H3,(H,21,26)(H,29,30)/t16-,19?/m1/s1. The highest BCUT2D eigenvalue weighted by atomic mass is 31.2. The molecule has 0 aliphatic heterocycles. The molecule has 0 spiro atoms. The Balaban J connectivity index is 2.06. The molecular weight excluding hydrogens is 459 g/mol. The number of phenols is 1. The molecule has 4 N–H and O–H groups in total. The highest BCUT2D eigenvalue weighted by molar-refractivity contribution is 7.58. The lowest BCUT2D eigenvalue weighted by molar-refractivity contribution is -0.385. The predicted octanol–water partition coefficient (Wildman–Crippen LogP) is 2.42. The third-order valence-electron chi connectivity index (χ3n) is 4.61. The Hall–Kier alpha value is -3.47. The highest BCUT2D eigenvalue weighted by Crippen LogP contribution is 2.56. The van der Waals surface area contributed by atoms with Crippen LogP contribution in [0.5, 0.6) is 5.75 Å². The van der Waals surface area contributed by atoms with Crippen LogP contribution in [0.25, 0.3) is 0 Å². The van der Waals surface area contributed by atoms with Crippen LogP contribution in [0.15, 0.2) is 48.5 Å². The summed E-state index contributed by atoms with van der Waals surface area (Å²) in [6.07, 6.45) is -2.08. The minimum atomic E-state index is -4.52. The van der Waals surface area contributed by atoms with Crippen LogP contribution in [0.3, 0.4) is 0 Å². The van der Waals surface area contributed by atoms with Crippen LogP contribution in [0, 0.1) is 10.1 Å². The lowest BCUT2D eigenvalue weighted by Crippen LogP contribution is -2.42. The van der Waals surface area contributed by atoms with Crippen molar-refractivity contribution in [2.24, 2.45) is 0 Å². The first-order chi connectivity index (χ1) is 15.5. The number of non-ortho nitro benzene ring substituents is 1. The Morgan fingerprint density at radius 2 is 1.88 bits per heavy atom. The SMILES string of the molecule is COC(=O)[C@@H](CCP(=O)(O)C(O)c1cc([N+](=O)[O-])ccc1O)NC(=O)OCc1ccccc1. The number of aliphatic hydroxyl groups is 1. The molecule has 0 aliphatic carbocycles. The van der Waals surface area contributed by atoms with Gasteiger partial charge in [-0.1, -0.05) is 30.3 Å². The normalized spacial score (nSPS) is 14.4. The number of hydrogen-bond acceptors (Lipinski definition) is 9. The molecule has 2 rings (SSSR count). The summed E-state index contributed by atoms with van der Waals surface area (Å²) in [5.74, 6) is -3.70. The van der Waals surface area contributed by atoms with Crippen molar-refractivity contribution in [3.05, 3.63) is 69.8 Å². The molecule has 1 amide bonds. The number of methoxy groups -OCH3 is 1. The number of carbonyl (C=O) groups excluding carboxylic acids is 2. The molecule has 33 heavy (non-hydrogen) atoms. The topological polar surface area (TPSA) is 186 Å². The number of nitro groups is 1. The van der Waals surface area contributed by atoms with Crippen molar-refractivity contribution in [1.29, 1.82) is 0 Å². The minimum absolute atomic E-state index is 0.0795. The molecule has 0 radical (unpaired) electrons. The second-order valence-corrected chi connectivity index (χ2v) is 9.37. The quantitative estimate of drug-likeness (QED) is 0.170. The maximum absolute atomic E-state index is 12.7. The Kier molecular flexibility index (Phi) is 8.92. The first-order valence-corrected chi connectivity index (χ1v) is 11.5. The third-order valence-corrected chi connectivity index (χ3v) is 6.55. The van der Waals surface area contributed by atoms with Gasteiger partial charge < -0.3 is 29.9 Å². The number of esters is 1. The molecule has 0 fully saturated rings. The van der Waals surface area contributed by atoms with Gasteiger partial charge in [-0.15, -0.1) is 0 Å². The summed E-state index contributed by atoms with van der Waals surface area (Å²) in [5.41, 5.74) is -0.320. The number of nitrogens with zero attached hydrogens (tertiary/aromatic N) is 1. The fraction of sp³-hybridized carbons (Fsp3) is 0.300. The number of rotatable bonds is 10. The number of amides is 1. The number of hydrogen-bond donors (Lipinski definition) is 4. The van der Waals surface area contributed by atoms with Crippen molar-refractivity contribution in [2.45, 2.75) is 24.9 Å². The molecule has 0 bridgehead atoms. The zero-order chi connectivity index (χ0) is 24.6. The zero-order valence-corrected chi connectivity index (χ0v) is 18.4. The monoisotopic (exact) mass is 482 g/mol. The average Bonchev–Trinajstić information content (AvgIpc) is 2.80. The van der Waals surface area contributed by atoms with Gasteiger partial charge in [0.2, 0.25) is 7.37 Å². The van der Waals surface area contributed by atoms with Crippen molar-refractivity contribution < 1.29 is 43.7 Å². The number of benzene rings is 2. The number of aliphatic hydroxyl groups excluding tert-OH is 1. The summed E-state index contributed by atoms with van der Waals surface area (Å²) in [6.45, 7) is -0.0795. The molecule has 0 aromatic heterocycles. The molecule has 2 aromatic carbocycles. The van der Waals surface area contributed by atoms with E-state index >= 15 is 0 Å². The number of ether oxygens (including phenoxy) is 2. The summed E-state index contributed by atoms with van der Waals surface area (Å²) in [5, 5.41) is 33.3. The summed E-state index contributed by atoms with van der Waals surface area (Å²) < 4.78 is 22.3. The lowest BCUT2D eigenvalue weighted by atomic mass is 10.2. The van der Waals surface area contributed by atoms with E-state index in [1.807, 2.05) is 0 Å². The van der Waals surface area contributed by atoms with E-state index in [9.17, 15) is 39.4 Å². The van der Waals surface area contributed by atoms with Gasteiger partial charge >= 0.3 is 12.1 Å². The molecule has 0 saturated carbocycles. The van der Waals surface area contributed by atoms with Crippen LogP contribution in [0.2, 0.25) is 0 Å². The van der Waals surface area contributed by atoms with Crippen LogP contribution < -0.4 is 5.32 Å². The summed E-state index contributed by atoms with van der Waals surface area (Å²) in [7, 11) is -3.46. The largest absolute Gasteiger partial charge is 0.508 e. The van der Waals surface area contributed by atoms with E-state index in [0.717, 1.165) is 25.3 Å². The molecule has 3 atom stereocenters. The zero-order valence-electron chi connectivity index (χ0n) is 17.5. The second-order valence-electron chi connectivity index (χ2n) is 6.92. The van der Waals surface area contributed by atoms with Gasteiger partial charge in [0, 0.05) is 23.9 Å². The van der Waals surface area contributed by atoms with E-state index in [-0.39, 0.29) is 6.61 Å². The van der Waals surface area contributed by atoms with E-state index in [1.165, 1.54) is 0 Å². The summed E-state index contributed by atoms with van der Waals surface area (Å²) >= 11 is 0. The van der Waals surface area contributed by atoms with E-state index in [4.69, 9.17) is 4.74 Å². The van der Waals surface area contributed by atoms with Crippen LogP contribution in [0.1, 0.15) is 23.4 Å². The van der Waals surface area contributed by atoms with Crippen molar-refractivity contribution >= 4 is 25.1 Å². The van der Waals surface area contributed by atoms with Gasteiger partial charge in [0.05, 0.1) is 12.0 Å². The molecule has 2 aromatic rings. The highest BCUT2D eigenvalue weighted by Gasteiger charge is 2.35. The number of nitro benzene ring substituents is 1. The van der Waals surface area contributed by atoms with Crippen LogP contribution in [-0.2, 0) is 25.4 Å². The molecule has 12 nitrogen and oxygen atoms in total. The van der Waals surface area contributed by atoms with Gasteiger partial charge in [0.1, 0.15) is 18.4 Å². The van der Waals surface area contributed by atoms with E-state index < -0.39 is 65.8 Å². The number of alkyl carbamates (subject to hydrolysis) is 1. The Labute approximate surface area is 188 Å². The minimum Gasteiger partial charge on any atom is -0.508 e. The van der Waals surface area contributed by atoms with Gasteiger partial charge in [-0.25, -0.2) is 9.59 Å². The van der Waals surface area contributed by atoms with Gasteiger partial charge in [-0.3, -0.25) is 14.7 Å². The van der Waals surface area contributed by atoms with Crippen LogP contribution in [0.4, 0.5) is 10.5 Å². The molecule has 0 aliphatic rings. The number of phenolic OH excluding ortho intramolecular Hbond substituents is 1. The van der Waals surface area contributed by atoms with Crippen molar-refractivity contribution in [3.8, 4) is 5.75 Å². The average molecular weight is 482 g/mol. The van der Waals surface area contributed by atoms with Crippen molar-refractivity contribution in [2.75, 3.05) is 13.3 Å². The third kappa shape index (κ3) is 7.28. The predicted molar refractivity (Wildman–Crippen MR) is 115 cm³/mol. The second kappa shape index (κ2) is 11.4. The van der Waals surface area contributed by atoms with E-state index in [1.54, 1.807) is 30.3 Å². The molecule has 0 saturated heterocycles. The van der Waals surface area contributed by atoms with Gasteiger partial charge in [-0.05, 0) is 18.1 Å². The van der Waals surface area contributed by atoms with Crippen LogP contribution >= 0.6 is 7.37 Å². The first-order valence-electron chi connectivity index (χ1n) is 9.57. The summed E-state index contributed by atoms with van der Waals surface area (Å²) in [4.78, 5) is 44.5. The van der Waals surface area contributed by atoms with Gasteiger partial charge in [0.15, 0.2) is 5.85 Å². The molecule has 178 valence electrons. The Morgan fingerprint density at radius 1 is 1.21 bits per heavy atom. The number of nitrogens with one attached hydrogen (secondary N) is 1. The fourth-order valence-electron chi connectivity index (χ4n) is 2.81. The molecule has 13 heteroatoms. The lowest BCUT2D eigenvalue weighted by Gasteiger charge is -2.22. The van der Waals surface area contributed by atoms with Gasteiger partial charge in [0.25, 0.3) is 5.69 Å². The molecule has 0 heterocycles. The van der Waals surface area contributed by atoms with E-state index in [2.05, 4.69) is 10.1 Å². The first kappa shape index (κ1) is 25.8. The number of aromatic hydroxyl groups is 1.